The molecule has 2 N–H and O–H groups in total. The van der Waals surface area contributed by atoms with E-state index in [0.29, 0.717) is 6.04 Å². The van der Waals surface area contributed by atoms with Crippen LogP contribution in [0.5, 0.6) is 5.75 Å². The van der Waals surface area contributed by atoms with Gasteiger partial charge in [0, 0.05) is 10.9 Å². The van der Waals surface area contributed by atoms with E-state index in [1.54, 1.807) is 12.1 Å². The predicted molar refractivity (Wildman–Crippen MR) is 81.3 cm³/mol. The molecule has 20 heavy (non-hydrogen) atoms. The Labute approximate surface area is 122 Å². The van der Waals surface area contributed by atoms with Gasteiger partial charge in [0.1, 0.15) is 5.75 Å². The first-order chi connectivity index (χ1) is 9.67. The molecule has 1 fully saturated rings. The SMILES string of the molecule is CCc1cc(O)ccc1-c1ccc(C(=O)NC2CC2)s1. The van der Waals surface area contributed by atoms with Gasteiger partial charge >= 0.3 is 0 Å². The summed E-state index contributed by atoms with van der Waals surface area (Å²) in [4.78, 5) is 13.8. The number of phenols is 1. The van der Waals surface area contributed by atoms with E-state index in [-0.39, 0.29) is 11.7 Å². The van der Waals surface area contributed by atoms with Gasteiger partial charge in [0.05, 0.1) is 4.88 Å². The number of nitrogens with one attached hydrogen (secondary N) is 1. The van der Waals surface area contributed by atoms with Crippen LogP contribution in [0, 0.1) is 0 Å². The summed E-state index contributed by atoms with van der Waals surface area (Å²) in [5.74, 6) is 0.314. The van der Waals surface area contributed by atoms with Crippen molar-refractivity contribution in [3.63, 3.8) is 0 Å². The summed E-state index contributed by atoms with van der Waals surface area (Å²) in [6.45, 7) is 2.06. The summed E-state index contributed by atoms with van der Waals surface area (Å²) < 4.78 is 0. The molecule has 0 atom stereocenters. The Kier molecular flexibility index (Phi) is 3.49. The molecular weight excluding hydrogens is 270 g/mol. The fourth-order valence-electron chi connectivity index (χ4n) is 2.20. The van der Waals surface area contributed by atoms with E-state index in [2.05, 4.69) is 12.2 Å². The second-order valence-electron chi connectivity index (χ2n) is 5.11. The maximum Gasteiger partial charge on any atom is 0.261 e. The number of amides is 1. The maximum absolute atomic E-state index is 12.0. The van der Waals surface area contributed by atoms with Crippen LogP contribution in [0.15, 0.2) is 30.3 Å². The van der Waals surface area contributed by atoms with Gasteiger partial charge in [-0.15, -0.1) is 11.3 Å². The number of benzene rings is 1. The molecule has 0 radical (unpaired) electrons. The molecule has 3 nitrogen and oxygen atoms in total. The Morgan fingerprint density at radius 1 is 1.35 bits per heavy atom. The Hall–Kier alpha value is -1.81. The normalized spacial score (nSPS) is 14.2. The Bertz CT molecular complexity index is 644. The lowest BCUT2D eigenvalue weighted by Crippen LogP contribution is -2.24. The molecule has 4 heteroatoms. The predicted octanol–water partition coefficient (Wildman–Crippen LogP) is 3.58. The molecule has 3 rings (SSSR count). The van der Waals surface area contributed by atoms with Crippen molar-refractivity contribution >= 4 is 17.2 Å². The highest BCUT2D eigenvalue weighted by Gasteiger charge is 2.24. The first-order valence-corrected chi connectivity index (χ1v) is 7.72. The molecule has 104 valence electrons. The third-order valence-electron chi connectivity index (χ3n) is 3.48. The zero-order valence-electron chi connectivity index (χ0n) is 11.3. The molecular formula is C16H17NO2S. The second kappa shape index (κ2) is 5.29. The number of rotatable bonds is 4. The highest BCUT2D eigenvalue weighted by molar-refractivity contribution is 7.17. The van der Waals surface area contributed by atoms with Crippen LogP contribution in [-0.4, -0.2) is 17.1 Å². The molecule has 0 spiro atoms. The second-order valence-corrected chi connectivity index (χ2v) is 6.19. The molecule has 1 aliphatic carbocycles. The van der Waals surface area contributed by atoms with Crippen molar-refractivity contribution in [3.05, 3.63) is 40.8 Å². The number of phenolic OH excluding ortho intramolecular Hbond substituents is 1. The van der Waals surface area contributed by atoms with Gasteiger partial charge in [-0.25, -0.2) is 0 Å². The van der Waals surface area contributed by atoms with Gasteiger partial charge in [0.2, 0.25) is 0 Å². The first-order valence-electron chi connectivity index (χ1n) is 6.90. The summed E-state index contributed by atoms with van der Waals surface area (Å²) in [7, 11) is 0. The fraction of sp³-hybridized carbons (Fsp3) is 0.312. The highest BCUT2D eigenvalue weighted by atomic mass is 32.1. The smallest absolute Gasteiger partial charge is 0.261 e. The third kappa shape index (κ3) is 2.70. The molecule has 0 saturated heterocycles. The van der Waals surface area contributed by atoms with E-state index in [4.69, 9.17) is 0 Å². The summed E-state index contributed by atoms with van der Waals surface area (Å²) in [6.07, 6.45) is 3.05. The zero-order valence-corrected chi connectivity index (χ0v) is 12.2. The average molecular weight is 287 g/mol. The molecule has 1 aromatic heterocycles. The topological polar surface area (TPSA) is 49.3 Å². The molecule has 1 saturated carbocycles. The fourth-order valence-corrected chi connectivity index (χ4v) is 3.17. The molecule has 0 bridgehead atoms. The summed E-state index contributed by atoms with van der Waals surface area (Å²) in [5.41, 5.74) is 2.20. The lowest BCUT2D eigenvalue weighted by atomic mass is 10.0. The lowest BCUT2D eigenvalue weighted by molar-refractivity contribution is 0.0955. The van der Waals surface area contributed by atoms with E-state index in [1.807, 2.05) is 18.2 Å². The largest absolute Gasteiger partial charge is 0.508 e. The average Bonchev–Trinajstić information content (AvgIpc) is 3.12. The van der Waals surface area contributed by atoms with Gasteiger partial charge < -0.3 is 10.4 Å². The Morgan fingerprint density at radius 3 is 2.85 bits per heavy atom. The molecule has 1 aromatic carbocycles. The van der Waals surface area contributed by atoms with Crippen molar-refractivity contribution in [2.75, 3.05) is 0 Å². The van der Waals surface area contributed by atoms with E-state index in [9.17, 15) is 9.90 Å². The van der Waals surface area contributed by atoms with E-state index in [0.717, 1.165) is 40.1 Å². The van der Waals surface area contributed by atoms with Crippen molar-refractivity contribution in [3.8, 4) is 16.2 Å². The van der Waals surface area contributed by atoms with Crippen LogP contribution in [0.2, 0.25) is 0 Å². The van der Waals surface area contributed by atoms with Crippen LogP contribution >= 0.6 is 11.3 Å². The van der Waals surface area contributed by atoms with Crippen LogP contribution in [-0.2, 0) is 6.42 Å². The number of carbonyl (C=O) groups is 1. The number of carbonyl (C=O) groups excluding carboxylic acids is 1. The summed E-state index contributed by atoms with van der Waals surface area (Å²) >= 11 is 1.51. The monoisotopic (exact) mass is 287 g/mol. The number of thiophene rings is 1. The molecule has 2 aromatic rings. The molecule has 0 aliphatic heterocycles. The zero-order chi connectivity index (χ0) is 14.1. The van der Waals surface area contributed by atoms with Crippen LogP contribution in [0.4, 0.5) is 0 Å². The van der Waals surface area contributed by atoms with Crippen LogP contribution < -0.4 is 5.32 Å². The van der Waals surface area contributed by atoms with Gasteiger partial charge in [-0.3, -0.25) is 4.79 Å². The molecule has 1 aliphatic rings. The maximum atomic E-state index is 12.0. The van der Waals surface area contributed by atoms with Crippen molar-refractivity contribution in [1.82, 2.24) is 5.32 Å². The standard InChI is InChI=1S/C16H17NO2S/c1-2-10-9-12(18)5-6-13(10)14-7-8-15(20-14)16(19)17-11-3-4-11/h5-9,11,18H,2-4H2,1H3,(H,17,19). The number of hydrogen-bond donors (Lipinski definition) is 2. The van der Waals surface area contributed by atoms with E-state index >= 15 is 0 Å². The van der Waals surface area contributed by atoms with Crippen molar-refractivity contribution in [1.29, 1.82) is 0 Å². The third-order valence-corrected chi connectivity index (χ3v) is 4.59. The van der Waals surface area contributed by atoms with Gasteiger partial charge in [0.25, 0.3) is 5.91 Å². The van der Waals surface area contributed by atoms with Crippen LogP contribution in [0.25, 0.3) is 10.4 Å². The number of aromatic hydroxyl groups is 1. The van der Waals surface area contributed by atoms with E-state index in [1.165, 1.54) is 11.3 Å². The van der Waals surface area contributed by atoms with Gasteiger partial charge in [-0.1, -0.05) is 6.92 Å². The minimum absolute atomic E-state index is 0.0283. The summed E-state index contributed by atoms with van der Waals surface area (Å²) in [6, 6.07) is 9.65. The molecule has 0 unspecified atom stereocenters. The van der Waals surface area contributed by atoms with Gasteiger partial charge in [-0.05, 0) is 60.7 Å². The van der Waals surface area contributed by atoms with Gasteiger partial charge in [-0.2, -0.15) is 0 Å². The highest BCUT2D eigenvalue weighted by Crippen LogP contribution is 2.33. The van der Waals surface area contributed by atoms with Crippen LogP contribution in [0.3, 0.4) is 0 Å². The minimum Gasteiger partial charge on any atom is -0.508 e. The summed E-state index contributed by atoms with van der Waals surface area (Å²) in [5, 5.41) is 12.6. The Balaban J connectivity index is 1.87. The van der Waals surface area contributed by atoms with Crippen molar-refractivity contribution in [2.24, 2.45) is 0 Å². The lowest BCUT2D eigenvalue weighted by Gasteiger charge is -2.06. The van der Waals surface area contributed by atoms with Crippen molar-refractivity contribution < 1.29 is 9.90 Å². The number of hydrogen-bond acceptors (Lipinski definition) is 3. The molecule has 1 heterocycles. The Morgan fingerprint density at radius 2 is 2.15 bits per heavy atom. The number of aryl methyl sites for hydroxylation is 1. The van der Waals surface area contributed by atoms with E-state index < -0.39 is 0 Å². The van der Waals surface area contributed by atoms with Crippen LogP contribution in [0.1, 0.15) is 35.0 Å². The van der Waals surface area contributed by atoms with Gasteiger partial charge in [0.15, 0.2) is 0 Å². The first kappa shape index (κ1) is 13.2. The minimum atomic E-state index is 0.0283. The molecule has 1 amide bonds. The quantitative estimate of drug-likeness (QED) is 0.903. The van der Waals surface area contributed by atoms with Crippen molar-refractivity contribution in [2.45, 2.75) is 32.2 Å².